The van der Waals surface area contributed by atoms with Crippen molar-refractivity contribution in [3.8, 4) is 5.75 Å². The lowest BCUT2D eigenvalue weighted by Crippen LogP contribution is -2.25. The maximum atomic E-state index is 12.6. The monoisotopic (exact) mass is 405 g/mol. The van der Waals surface area contributed by atoms with Crippen molar-refractivity contribution in [1.82, 2.24) is 5.32 Å². The zero-order valence-electron chi connectivity index (χ0n) is 17.0. The van der Waals surface area contributed by atoms with E-state index in [4.69, 9.17) is 4.74 Å². The number of carbonyl (C=O) groups is 1. The first-order chi connectivity index (χ1) is 14.2. The molecular weight excluding hydrogens is 378 g/mol. The van der Waals surface area contributed by atoms with Crippen molar-refractivity contribution < 1.29 is 9.53 Å². The van der Waals surface area contributed by atoms with Crippen LogP contribution in [0.4, 0.5) is 0 Å². The van der Waals surface area contributed by atoms with Crippen LogP contribution in [-0.4, -0.2) is 19.1 Å². The van der Waals surface area contributed by atoms with Gasteiger partial charge in [-0.3, -0.25) is 4.79 Å². The number of thioether (sulfide) groups is 1. The van der Waals surface area contributed by atoms with Gasteiger partial charge in [0, 0.05) is 28.3 Å². The van der Waals surface area contributed by atoms with E-state index >= 15 is 0 Å². The molecule has 0 saturated carbocycles. The molecule has 3 nitrogen and oxygen atoms in total. The fourth-order valence-corrected chi connectivity index (χ4v) is 3.87. The van der Waals surface area contributed by atoms with Crippen LogP contribution >= 0.6 is 11.8 Å². The van der Waals surface area contributed by atoms with Gasteiger partial charge in [-0.15, -0.1) is 11.8 Å². The molecule has 0 heterocycles. The summed E-state index contributed by atoms with van der Waals surface area (Å²) >= 11 is 1.75. The minimum absolute atomic E-state index is 0.0504. The van der Waals surface area contributed by atoms with Crippen molar-refractivity contribution in [2.75, 3.05) is 13.2 Å². The summed E-state index contributed by atoms with van der Waals surface area (Å²) in [6, 6.07) is 24.3. The fourth-order valence-electron chi connectivity index (χ4n) is 2.99. The normalized spacial score (nSPS) is 10.6. The van der Waals surface area contributed by atoms with Crippen LogP contribution in [-0.2, 0) is 12.2 Å². The van der Waals surface area contributed by atoms with Crippen molar-refractivity contribution in [2.24, 2.45) is 0 Å². The van der Waals surface area contributed by atoms with E-state index in [1.54, 1.807) is 11.8 Å². The summed E-state index contributed by atoms with van der Waals surface area (Å²) in [5.41, 5.74) is 4.17. The lowest BCUT2D eigenvalue weighted by atomic mass is 10.1. The summed E-state index contributed by atoms with van der Waals surface area (Å²) in [5, 5.41) is 3.02. The van der Waals surface area contributed by atoms with Crippen molar-refractivity contribution in [1.29, 1.82) is 0 Å². The number of amides is 1. The number of hydrogen-bond acceptors (Lipinski definition) is 3. The van der Waals surface area contributed by atoms with Crippen LogP contribution in [0.2, 0.25) is 0 Å². The average Bonchev–Trinajstić information content (AvgIpc) is 2.75. The van der Waals surface area contributed by atoms with Gasteiger partial charge in [0.05, 0.1) is 6.61 Å². The van der Waals surface area contributed by atoms with Crippen LogP contribution in [0.3, 0.4) is 0 Å². The van der Waals surface area contributed by atoms with E-state index in [-0.39, 0.29) is 5.91 Å². The van der Waals surface area contributed by atoms with E-state index in [0.29, 0.717) is 18.7 Å². The topological polar surface area (TPSA) is 38.3 Å². The highest BCUT2D eigenvalue weighted by Gasteiger charge is 2.11. The molecular formula is C25H27NO2S. The Balaban J connectivity index is 1.64. The average molecular weight is 406 g/mol. The molecule has 0 atom stereocenters. The number of benzene rings is 3. The second kappa shape index (κ2) is 10.7. The smallest absolute Gasteiger partial charge is 0.251 e. The highest BCUT2D eigenvalue weighted by molar-refractivity contribution is 7.98. The molecule has 0 unspecified atom stereocenters. The maximum absolute atomic E-state index is 12.6. The lowest BCUT2D eigenvalue weighted by Gasteiger charge is -2.13. The van der Waals surface area contributed by atoms with Gasteiger partial charge in [-0.1, -0.05) is 48.0 Å². The largest absolute Gasteiger partial charge is 0.494 e. The number of nitrogens with one attached hydrogen (secondary N) is 1. The van der Waals surface area contributed by atoms with E-state index in [0.717, 1.165) is 23.5 Å². The third-order valence-electron chi connectivity index (χ3n) is 4.58. The molecule has 150 valence electrons. The van der Waals surface area contributed by atoms with Gasteiger partial charge in [-0.25, -0.2) is 0 Å². The Morgan fingerprint density at radius 2 is 1.76 bits per heavy atom. The summed E-state index contributed by atoms with van der Waals surface area (Å²) in [5.74, 6) is 1.54. The molecule has 3 aromatic carbocycles. The molecule has 0 spiro atoms. The SMILES string of the molecule is CCOc1ccc(C(=O)NCCc2ccccc2)cc1CSc1ccc(C)cc1. The lowest BCUT2D eigenvalue weighted by molar-refractivity contribution is 0.0954. The van der Waals surface area contributed by atoms with Crippen LogP contribution in [0.1, 0.15) is 34.0 Å². The predicted octanol–water partition coefficient (Wildman–Crippen LogP) is 5.66. The van der Waals surface area contributed by atoms with E-state index in [1.165, 1.54) is 16.0 Å². The number of ether oxygens (including phenoxy) is 1. The second-order valence-electron chi connectivity index (χ2n) is 6.85. The van der Waals surface area contributed by atoms with Gasteiger partial charge in [0.2, 0.25) is 0 Å². The first-order valence-electron chi connectivity index (χ1n) is 9.93. The molecule has 1 N–H and O–H groups in total. The number of rotatable bonds is 9. The number of carbonyl (C=O) groups excluding carboxylic acids is 1. The third-order valence-corrected chi connectivity index (χ3v) is 5.64. The maximum Gasteiger partial charge on any atom is 0.251 e. The van der Waals surface area contributed by atoms with Gasteiger partial charge >= 0.3 is 0 Å². The Kier molecular flexibility index (Phi) is 7.77. The van der Waals surface area contributed by atoms with Crippen molar-refractivity contribution >= 4 is 17.7 Å². The van der Waals surface area contributed by atoms with Gasteiger partial charge in [0.25, 0.3) is 5.91 Å². The Bertz CT molecular complexity index is 923. The summed E-state index contributed by atoms with van der Waals surface area (Å²) in [7, 11) is 0. The molecule has 4 heteroatoms. The van der Waals surface area contributed by atoms with E-state index in [2.05, 4.69) is 48.6 Å². The molecule has 0 aliphatic carbocycles. The Hall–Kier alpha value is -2.72. The number of hydrogen-bond donors (Lipinski definition) is 1. The van der Waals surface area contributed by atoms with Crippen molar-refractivity contribution in [2.45, 2.75) is 30.9 Å². The first-order valence-corrected chi connectivity index (χ1v) is 10.9. The second-order valence-corrected chi connectivity index (χ2v) is 7.90. The van der Waals surface area contributed by atoms with Crippen LogP contribution in [0.15, 0.2) is 77.7 Å². The zero-order valence-corrected chi connectivity index (χ0v) is 17.8. The Morgan fingerprint density at radius 1 is 1.00 bits per heavy atom. The van der Waals surface area contributed by atoms with Crippen molar-refractivity contribution in [3.63, 3.8) is 0 Å². The molecule has 0 fully saturated rings. The summed E-state index contributed by atoms with van der Waals surface area (Å²) in [6.07, 6.45) is 0.819. The van der Waals surface area contributed by atoms with Crippen molar-refractivity contribution in [3.05, 3.63) is 95.1 Å². The molecule has 3 aromatic rings. The van der Waals surface area contributed by atoms with Crippen LogP contribution < -0.4 is 10.1 Å². The van der Waals surface area contributed by atoms with Gasteiger partial charge in [-0.05, 0) is 56.2 Å². The molecule has 0 radical (unpaired) electrons. The molecule has 0 aromatic heterocycles. The highest BCUT2D eigenvalue weighted by atomic mass is 32.2. The quantitative estimate of drug-likeness (QED) is 0.467. The molecule has 0 bridgehead atoms. The van der Waals surface area contributed by atoms with Crippen LogP contribution in [0, 0.1) is 6.92 Å². The number of aryl methyl sites for hydroxylation is 1. The highest BCUT2D eigenvalue weighted by Crippen LogP contribution is 2.29. The molecule has 3 rings (SSSR count). The molecule has 29 heavy (non-hydrogen) atoms. The fraction of sp³-hybridized carbons (Fsp3) is 0.240. The van der Waals surface area contributed by atoms with E-state index in [1.807, 2.05) is 43.3 Å². The predicted molar refractivity (Wildman–Crippen MR) is 121 cm³/mol. The van der Waals surface area contributed by atoms with Gasteiger partial charge in [-0.2, -0.15) is 0 Å². The molecule has 1 amide bonds. The van der Waals surface area contributed by atoms with Gasteiger partial charge in [0.15, 0.2) is 0 Å². The zero-order chi connectivity index (χ0) is 20.5. The summed E-state index contributed by atoms with van der Waals surface area (Å²) in [6.45, 7) is 5.27. The minimum Gasteiger partial charge on any atom is -0.494 e. The Labute approximate surface area is 177 Å². The standard InChI is InChI=1S/C25H27NO2S/c1-3-28-24-14-11-21(25(27)26-16-15-20-7-5-4-6-8-20)17-22(24)18-29-23-12-9-19(2)10-13-23/h4-14,17H,3,15-16,18H2,1-2H3,(H,26,27). The van der Waals surface area contributed by atoms with Crippen LogP contribution in [0.25, 0.3) is 0 Å². The molecule has 0 saturated heterocycles. The minimum atomic E-state index is -0.0504. The van der Waals surface area contributed by atoms with Gasteiger partial charge in [0.1, 0.15) is 5.75 Å². The van der Waals surface area contributed by atoms with Gasteiger partial charge < -0.3 is 10.1 Å². The Morgan fingerprint density at radius 3 is 2.48 bits per heavy atom. The summed E-state index contributed by atoms with van der Waals surface area (Å²) < 4.78 is 5.77. The molecule has 0 aliphatic rings. The summed E-state index contributed by atoms with van der Waals surface area (Å²) in [4.78, 5) is 13.8. The first kappa shape index (κ1) is 21.0. The van der Waals surface area contributed by atoms with E-state index in [9.17, 15) is 4.79 Å². The molecule has 0 aliphatic heterocycles. The van der Waals surface area contributed by atoms with Crippen LogP contribution in [0.5, 0.6) is 5.75 Å². The third kappa shape index (κ3) is 6.40. The van der Waals surface area contributed by atoms with E-state index < -0.39 is 0 Å².